The first-order chi connectivity index (χ1) is 12.8. The molecule has 0 saturated heterocycles. The van der Waals surface area contributed by atoms with Crippen LogP contribution in [0.4, 0.5) is 20.2 Å². The van der Waals surface area contributed by atoms with Gasteiger partial charge in [-0.25, -0.2) is 4.79 Å². The maximum atomic E-state index is 12.2. The lowest BCUT2D eigenvalue weighted by Gasteiger charge is -2.09. The number of alkyl halides is 2. The van der Waals surface area contributed by atoms with Crippen LogP contribution < -0.4 is 10.1 Å². The molecule has 0 atom stereocenters. The van der Waals surface area contributed by atoms with E-state index in [1.54, 1.807) is 6.92 Å². The first kappa shape index (κ1) is 19.8. The summed E-state index contributed by atoms with van der Waals surface area (Å²) < 4.78 is 33.4. The molecule has 2 aromatic carbocycles. The third kappa shape index (κ3) is 5.73. The molecule has 8 nitrogen and oxygen atoms in total. The molecule has 0 radical (unpaired) electrons. The number of hydrogen-bond acceptors (Lipinski definition) is 6. The van der Waals surface area contributed by atoms with Crippen molar-refractivity contribution in [1.82, 2.24) is 0 Å². The van der Waals surface area contributed by atoms with E-state index >= 15 is 0 Å². The average molecular weight is 380 g/mol. The number of halogens is 2. The van der Waals surface area contributed by atoms with Gasteiger partial charge in [0.25, 0.3) is 11.6 Å². The zero-order valence-electron chi connectivity index (χ0n) is 14.0. The van der Waals surface area contributed by atoms with E-state index in [0.29, 0.717) is 5.56 Å². The van der Waals surface area contributed by atoms with E-state index in [1.807, 2.05) is 0 Å². The summed E-state index contributed by atoms with van der Waals surface area (Å²) in [5.41, 5.74) is 0.505. The molecule has 0 aliphatic rings. The normalized spacial score (nSPS) is 10.4. The van der Waals surface area contributed by atoms with Crippen molar-refractivity contribution in [3.63, 3.8) is 0 Å². The molecule has 1 N–H and O–H groups in total. The molecular formula is C17H14F2N2O6. The summed E-state index contributed by atoms with van der Waals surface area (Å²) in [4.78, 5) is 34.0. The van der Waals surface area contributed by atoms with E-state index in [-0.39, 0.29) is 22.7 Å². The molecule has 0 aliphatic heterocycles. The summed E-state index contributed by atoms with van der Waals surface area (Å²) in [6.07, 6.45) is 0. The van der Waals surface area contributed by atoms with Crippen molar-refractivity contribution in [3.05, 3.63) is 63.7 Å². The predicted octanol–water partition coefficient (Wildman–Crippen LogP) is 3.30. The van der Waals surface area contributed by atoms with Crippen molar-refractivity contribution in [2.45, 2.75) is 13.5 Å². The van der Waals surface area contributed by atoms with Gasteiger partial charge in [0.1, 0.15) is 5.75 Å². The fourth-order valence-corrected chi connectivity index (χ4v) is 2.06. The number of anilines is 1. The third-order valence-corrected chi connectivity index (χ3v) is 3.34. The van der Waals surface area contributed by atoms with E-state index < -0.39 is 30.0 Å². The molecule has 1 amide bonds. The Balaban J connectivity index is 1.97. The first-order valence-corrected chi connectivity index (χ1v) is 7.53. The minimum atomic E-state index is -3.04. The van der Waals surface area contributed by atoms with Crippen LogP contribution in [0.2, 0.25) is 0 Å². The average Bonchev–Trinajstić information content (AvgIpc) is 2.61. The second kappa shape index (κ2) is 8.70. The molecule has 0 saturated carbocycles. The zero-order valence-corrected chi connectivity index (χ0v) is 14.0. The maximum absolute atomic E-state index is 12.2. The van der Waals surface area contributed by atoms with Crippen LogP contribution in [0.15, 0.2) is 42.5 Å². The van der Waals surface area contributed by atoms with Crippen molar-refractivity contribution in [1.29, 1.82) is 0 Å². The lowest BCUT2D eigenvalue weighted by atomic mass is 10.2. The maximum Gasteiger partial charge on any atom is 0.387 e. The topological polar surface area (TPSA) is 108 Å². The molecule has 0 unspecified atom stereocenters. The summed E-state index contributed by atoms with van der Waals surface area (Å²) in [7, 11) is 0. The van der Waals surface area contributed by atoms with Crippen LogP contribution in [-0.2, 0) is 9.53 Å². The number of ether oxygens (including phenoxy) is 2. The Kier molecular flexibility index (Phi) is 6.36. The second-order valence-electron chi connectivity index (χ2n) is 5.29. The monoisotopic (exact) mass is 380 g/mol. The number of nitro benzene ring substituents is 1. The minimum absolute atomic E-state index is 0.0764. The van der Waals surface area contributed by atoms with Gasteiger partial charge in [-0.3, -0.25) is 14.9 Å². The molecule has 0 aliphatic carbocycles. The van der Waals surface area contributed by atoms with Crippen molar-refractivity contribution >= 4 is 23.3 Å². The number of nitrogens with zero attached hydrogens (tertiary/aromatic N) is 1. The molecule has 0 aromatic heterocycles. The number of nitro groups is 1. The molecule has 2 aromatic rings. The molecule has 0 bridgehead atoms. The second-order valence-corrected chi connectivity index (χ2v) is 5.29. The van der Waals surface area contributed by atoms with Gasteiger partial charge in [-0.05, 0) is 30.7 Å². The van der Waals surface area contributed by atoms with Crippen LogP contribution in [0, 0.1) is 17.0 Å². The number of hydrogen-bond donors (Lipinski definition) is 1. The van der Waals surface area contributed by atoms with Crippen LogP contribution in [0.1, 0.15) is 15.9 Å². The number of carbonyl (C=O) groups is 2. The quantitative estimate of drug-likeness (QED) is 0.449. The SMILES string of the molecule is Cc1ccc([N+](=O)[O-])cc1NC(=O)COC(=O)c1cccc(OC(F)F)c1. The van der Waals surface area contributed by atoms with Gasteiger partial charge in [-0.2, -0.15) is 8.78 Å². The molecule has 10 heteroatoms. The van der Waals surface area contributed by atoms with Crippen LogP contribution in [0.25, 0.3) is 0 Å². The van der Waals surface area contributed by atoms with Gasteiger partial charge in [0.15, 0.2) is 6.61 Å². The highest BCUT2D eigenvalue weighted by Crippen LogP contribution is 2.22. The Morgan fingerprint density at radius 3 is 2.63 bits per heavy atom. The van der Waals surface area contributed by atoms with Gasteiger partial charge in [-0.15, -0.1) is 0 Å². The molecule has 27 heavy (non-hydrogen) atoms. The number of nitrogens with one attached hydrogen (secondary N) is 1. The fourth-order valence-electron chi connectivity index (χ4n) is 2.06. The Morgan fingerprint density at radius 1 is 1.22 bits per heavy atom. The van der Waals surface area contributed by atoms with Gasteiger partial charge in [0, 0.05) is 12.1 Å². The summed E-state index contributed by atoms with van der Waals surface area (Å²) in [6.45, 7) is -2.07. The molecule has 0 heterocycles. The molecule has 142 valence electrons. The number of carbonyl (C=O) groups excluding carboxylic acids is 2. The van der Waals surface area contributed by atoms with Crippen molar-refractivity contribution in [2.75, 3.05) is 11.9 Å². The first-order valence-electron chi connectivity index (χ1n) is 7.53. The molecule has 0 spiro atoms. The van der Waals surface area contributed by atoms with E-state index in [4.69, 9.17) is 4.74 Å². The summed E-state index contributed by atoms with van der Waals surface area (Å²) in [5.74, 6) is -1.86. The van der Waals surface area contributed by atoms with Crippen molar-refractivity contribution in [2.24, 2.45) is 0 Å². The fraction of sp³-hybridized carbons (Fsp3) is 0.176. The summed E-state index contributed by atoms with van der Waals surface area (Å²) in [6, 6.07) is 8.86. The Hall–Kier alpha value is -3.56. The van der Waals surface area contributed by atoms with Crippen molar-refractivity contribution < 1.29 is 32.8 Å². The third-order valence-electron chi connectivity index (χ3n) is 3.34. The number of non-ortho nitro benzene ring substituents is 1. The largest absolute Gasteiger partial charge is 0.452 e. The number of aryl methyl sites for hydroxylation is 1. The van der Waals surface area contributed by atoms with E-state index in [2.05, 4.69) is 10.1 Å². The smallest absolute Gasteiger partial charge is 0.387 e. The van der Waals surface area contributed by atoms with Gasteiger partial charge in [0.05, 0.1) is 16.2 Å². The summed E-state index contributed by atoms with van der Waals surface area (Å²) >= 11 is 0. The van der Waals surface area contributed by atoms with Crippen LogP contribution in [-0.4, -0.2) is 30.0 Å². The molecule has 0 fully saturated rings. The molecular weight excluding hydrogens is 366 g/mol. The van der Waals surface area contributed by atoms with Crippen molar-refractivity contribution in [3.8, 4) is 5.75 Å². The van der Waals surface area contributed by atoms with Crippen LogP contribution in [0.5, 0.6) is 5.75 Å². The van der Waals surface area contributed by atoms with E-state index in [0.717, 1.165) is 6.07 Å². The van der Waals surface area contributed by atoms with Crippen LogP contribution in [0.3, 0.4) is 0 Å². The van der Waals surface area contributed by atoms with E-state index in [1.165, 1.54) is 36.4 Å². The molecule has 2 rings (SSSR count). The highest BCUT2D eigenvalue weighted by Gasteiger charge is 2.15. The van der Waals surface area contributed by atoms with Gasteiger partial charge in [-0.1, -0.05) is 12.1 Å². The highest BCUT2D eigenvalue weighted by molar-refractivity contribution is 5.96. The standard InChI is InChI=1S/C17H14F2N2O6/c1-10-5-6-12(21(24)25)8-14(10)20-15(22)9-26-16(23)11-3-2-4-13(7-11)27-17(18)19/h2-8,17H,9H2,1H3,(H,20,22). The van der Waals surface area contributed by atoms with E-state index in [9.17, 15) is 28.5 Å². The van der Waals surface area contributed by atoms with Crippen LogP contribution >= 0.6 is 0 Å². The highest BCUT2D eigenvalue weighted by atomic mass is 19.3. The zero-order chi connectivity index (χ0) is 20.0. The van der Waals surface area contributed by atoms with Gasteiger partial charge in [0.2, 0.25) is 0 Å². The predicted molar refractivity (Wildman–Crippen MR) is 89.8 cm³/mol. The number of rotatable bonds is 7. The Morgan fingerprint density at radius 2 is 1.96 bits per heavy atom. The lowest BCUT2D eigenvalue weighted by molar-refractivity contribution is -0.384. The number of benzene rings is 2. The van der Waals surface area contributed by atoms with Gasteiger partial charge < -0.3 is 14.8 Å². The summed E-state index contributed by atoms with van der Waals surface area (Å²) in [5, 5.41) is 13.2. The Bertz CT molecular complexity index is 872. The number of esters is 1. The Labute approximate surface area is 151 Å². The lowest BCUT2D eigenvalue weighted by Crippen LogP contribution is -2.21. The number of amides is 1. The van der Waals surface area contributed by atoms with Gasteiger partial charge >= 0.3 is 12.6 Å². The minimum Gasteiger partial charge on any atom is -0.452 e.